The third-order valence-corrected chi connectivity index (χ3v) is 10.9. The van der Waals surface area contributed by atoms with Crippen LogP contribution in [0.4, 0.5) is 17.1 Å². The molecule has 0 atom stereocenters. The van der Waals surface area contributed by atoms with E-state index in [0.29, 0.717) is 0 Å². The highest BCUT2D eigenvalue weighted by Gasteiger charge is 2.20. The molecule has 0 radical (unpaired) electrons. The van der Waals surface area contributed by atoms with E-state index in [2.05, 4.69) is 181 Å². The van der Waals surface area contributed by atoms with E-state index in [9.17, 15) is 0 Å². The molecule has 0 aliphatic heterocycles. The van der Waals surface area contributed by atoms with Gasteiger partial charge in [-0.3, -0.25) is 0 Å². The van der Waals surface area contributed by atoms with Gasteiger partial charge in [-0.15, -0.1) is 0 Å². The molecule has 11 rings (SSSR count). The zero-order valence-electron chi connectivity index (χ0n) is 29.8. The van der Waals surface area contributed by atoms with Gasteiger partial charge >= 0.3 is 0 Å². The van der Waals surface area contributed by atoms with E-state index >= 15 is 0 Å². The van der Waals surface area contributed by atoms with Gasteiger partial charge < -0.3 is 13.7 Å². The van der Waals surface area contributed by atoms with Crippen molar-refractivity contribution in [2.75, 3.05) is 4.90 Å². The van der Waals surface area contributed by atoms with Gasteiger partial charge in [0.15, 0.2) is 5.58 Å². The molecule has 0 N–H and O–H groups in total. The highest BCUT2D eigenvalue weighted by molar-refractivity contribution is 6.11. The molecule has 0 aliphatic rings. The van der Waals surface area contributed by atoms with E-state index in [4.69, 9.17) is 8.83 Å². The van der Waals surface area contributed by atoms with Crippen LogP contribution in [0.2, 0.25) is 0 Å². The van der Waals surface area contributed by atoms with Crippen molar-refractivity contribution in [2.45, 2.75) is 0 Å². The minimum absolute atomic E-state index is 0.852. The van der Waals surface area contributed by atoms with Gasteiger partial charge in [0.25, 0.3) is 0 Å². The van der Waals surface area contributed by atoms with Gasteiger partial charge in [-0.1, -0.05) is 140 Å². The second-order valence-corrected chi connectivity index (χ2v) is 14.1. The molecule has 9 aromatic carbocycles. The average Bonchev–Trinajstić information content (AvgIpc) is 3.83. The first-order chi connectivity index (χ1) is 27.2. The predicted octanol–water partition coefficient (Wildman–Crippen LogP) is 15.1. The Morgan fingerprint density at radius 3 is 1.60 bits per heavy atom. The van der Waals surface area contributed by atoms with Crippen LogP contribution in [-0.4, -0.2) is 0 Å². The van der Waals surface area contributed by atoms with Crippen LogP contribution in [-0.2, 0) is 0 Å². The number of hydrogen-bond donors (Lipinski definition) is 0. The molecule has 0 saturated heterocycles. The molecule has 3 heteroatoms. The van der Waals surface area contributed by atoms with Crippen molar-refractivity contribution >= 4 is 71.7 Å². The van der Waals surface area contributed by atoms with E-state index < -0.39 is 0 Å². The SMILES string of the molecule is c1cc(-c2ccc(-c3ccc(N(c4ccc5oc6ccccc6c5c4)c4cccc5c4oc4ccccc45)cc3)cc2)cc(-c2ccc3ccccc3c2)c1. The van der Waals surface area contributed by atoms with Crippen LogP contribution < -0.4 is 4.90 Å². The summed E-state index contributed by atoms with van der Waals surface area (Å²) in [5, 5.41) is 6.88. The molecule has 0 aliphatic carbocycles. The molecular weight excluding hydrogens is 671 g/mol. The minimum Gasteiger partial charge on any atom is -0.456 e. The number of anilines is 3. The fourth-order valence-corrected chi connectivity index (χ4v) is 8.09. The zero-order valence-corrected chi connectivity index (χ0v) is 29.8. The highest BCUT2D eigenvalue weighted by atomic mass is 16.3. The largest absolute Gasteiger partial charge is 0.456 e. The molecule has 258 valence electrons. The quantitative estimate of drug-likeness (QED) is 0.173. The molecule has 0 unspecified atom stereocenters. The maximum Gasteiger partial charge on any atom is 0.159 e. The van der Waals surface area contributed by atoms with Gasteiger partial charge in [0.2, 0.25) is 0 Å². The Balaban J connectivity index is 0.960. The molecule has 0 fully saturated rings. The van der Waals surface area contributed by atoms with Crippen LogP contribution in [0.25, 0.3) is 88.0 Å². The lowest BCUT2D eigenvalue weighted by molar-refractivity contribution is 0.669. The third-order valence-electron chi connectivity index (χ3n) is 10.9. The first-order valence-electron chi connectivity index (χ1n) is 18.7. The Morgan fingerprint density at radius 2 is 0.818 bits per heavy atom. The van der Waals surface area contributed by atoms with Crippen molar-refractivity contribution in [3.8, 4) is 33.4 Å². The minimum atomic E-state index is 0.852. The van der Waals surface area contributed by atoms with E-state index in [1.165, 1.54) is 38.6 Å². The van der Waals surface area contributed by atoms with Gasteiger partial charge in [0, 0.05) is 32.9 Å². The standard InChI is InChI=1S/C52H33NO2/c1-2-10-38-32-41(24-23-34(38)9-1)40-12-7-11-39(31-40)37-21-19-35(20-22-37)36-25-27-42(28-26-36)53(43-29-30-51-47(33-43)45-14-4-5-17-49(45)54-51)48-16-8-15-46-44-13-3-6-18-50(44)55-52(46)48/h1-33H. The first kappa shape index (κ1) is 31.2. The van der Waals surface area contributed by atoms with Crippen molar-refractivity contribution in [1.29, 1.82) is 0 Å². The number of furan rings is 2. The smallest absolute Gasteiger partial charge is 0.159 e. The van der Waals surface area contributed by atoms with Gasteiger partial charge in [-0.25, -0.2) is 0 Å². The molecule has 3 nitrogen and oxygen atoms in total. The molecule has 0 spiro atoms. The number of benzene rings is 9. The number of para-hydroxylation sites is 3. The zero-order chi connectivity index (χ0) is 36.3. The molecule has 0 amide bonds. The van der Waals surface area contributed by atoms with Gasteiger partial charge in [0.1, 0.15) is 16.7 Å². The Hall–Kier alpha value is -7.36. The van der Waals surface area contributed by atoms with Gasteiger partial charge in [-0.05, 0) is 105 Å². The Kier molecular flexibility index (Phi) is 7.17. The lowest BCUT2D eigenvalue weighted by atomic mass is 9.96. The summed E-state index contributed by atoms with van der Waals surface area (Å²) in [5.74, 6) is 0. The topological polar surface area (TPSA) is 29.5 Å². The second kappa shape index (κ2) is 12.6. The van der Waals surface area contributed by atoms with E-state index in [-0.39, 0.29) is 0 Å². The van der Waals surface area contributed by atoms with Crippen LogP contribution in [0, 0.1) is 0 Å². The Labute approximate surface area is 317 Å². The van der Waals surface area contributed by atoms with E-state index in [0.717, 1.165) is 66.5 Å². The van der Waals surface area contributed by atoms with Crippen LogP contribution >= 0.6 is 0 Å². The maximum atomic E-state index is 6.58. The molecule has 2 aromatic heterocycles. The summed E-state index contributed by atoms with van der Waals surface area (Å²) in [7, 11) is 0. The van der Waals surface area contributed by atoms with Crippen LogP contribution in [0.5, 0.6) is 0 Å². The Morgan fingerprint density at radius 1 is 0.291 bits per heavy atom. The fourth-order valence-electron chi connectivity index (χ4n) is 8.09. The average molecular weight is 704 g/mol. The van der Waals surface area contributed by atoms with E-state index in [1.807, 2.05) is 24.3 Å². The monoisotopic (exact) mass is 703 g/mol. The fraction of sp³-hybridized carbons (Fsp3) is 0. The lowest BCUT2D eigenvalue weighted by Gasteiger charge is -2.26. The van der Waals surface area contributed by atoms with Gasteiger partial charge in [-0.2, -0.15) is 0 Å². The van der Waals surface area contributed by atoms with Crippen LogP contribution in [0.15, 0.2) is 209 Å². The van der Waals surface area contributed by atoms with E-state index in [1.54, 1.807) is 0 Å². The van der Waals surface area contributed by atoms with Crippen LogP contribution in [0.1, 0.15) is 0 Å². The summed E-state index contributed by atoms with van der Waals surface area (Å²) in [6, 6.07) is 71.0. The normalized spacial score (nSPS) is 11.6. The summed E-state index contributed by atoms with van der Waals surface area (Å²) >= 11 is 0. The second-order valence-electron chi connectivity index (χ2n) is 14.1. The molecule has 55 heavy (non-hydrogen) atoms. The van der Waals surface area contributed by atoms with Crippen molar-refractivity contribution in [3.63, 3.8) is 0 Å². The van der Waals surface area contributed by atoms with Crippen molar-refractivity contribution in [3.05, 3.63) is 200 Å². The number of fused-ring (bicyclic) bond motifs is 7. The summed E-state index contributed by atoms with van der Waals surface area (Å²) in [4.78, 5) is 2.29. The molecule has 11 aromatic rings. The lowest BCUT2D eigenvalue weighted by Crippen LogP contribution is -2.10. The molecule has 0 bridgehead atoms. The highest BCUT2D eigenvalue weighted by Crippen LogP contribution is 2.44. The number of hydrogen-bond acceptors (Lipinski definition) is 3. The molecule has 2 heterocycles. The van der Waals surface area contributed by atoms with Crippen LogP contribution in [0.3, 0.4) is 0 Å². The number of rotatable bonds is 6. The predicted molar refractivity (Wildman–Crippen MR) is 229 cm³/mol. The summed E-state index contributed by atoms with van der Waals surface area (Å²) in [6.45, 7) is 0. The summed E-state index contributed by atoms with van der Waals surface area (Å²) in [6.07, 6.45) is 0. The Bertz CT molecular complexity index is 3200. The van der Waals surface area contributed by atoms with Crippen molar-refractivity contribution in [1.82, 2.24) is 0 Å². The molecular formula is C52H33NO2. The van der Waals surface area contributed by atoms with Crippen molar-refractivity contribution in [2.24, 2.45) is 0 Å². The molecule has 0 saturated carbocycles. The van der Waals surface area contributed by atoms with Crippen molar-refractivity contribution < 1.29 is 8.83 Å². The first-order valence-corrected chi connectivity index (χ1v) is 18.7. The maximum absolute atomic E-state index is 6.58. The summed E-state index contributed by atoms with van der Waals surface area (Å²) < 4.78 is 12.8. The van der Waals surface area contributed by atoms with Gasteiger partial charge in [0.05, 0.1) is 5.69 Å². The summed E-state index contributed by atoms with van der Waals surface area (Å²) in [5.41, 5.74) is 13.7. The number of nitrogens with zero attached hydrogens (tertiary/aromatic N) is 1. The third kappa shape index (κ3) is 5.36.